The van der Waals surface area contributed by atoms with Crippen molar-refractivity contribution < 1.29 is 0 Å². The van der Waals surface area contributed by atoms with Gasteiger partial charge < -0.3 is 15.1 Å². The number of hydrogen-bond acceptors (Lipinski definition) is 8. The molecule has 52 heavy (non-hydrogen) atoms. The quantitative estimate of drug-likeness (QED) is 0.166. The maximum absolute atomic E-state index is 5.10. The van der Waals surface area contributed by atoms with Gasteiger partial charge in [-0.15, -0.1) is 0 Å². The Labute approximate surface area is 306 Å². The highest BCUT2D eigenvalue weighted by Gasteiger charge is 2.41. The van der Waals surface area contributed by atoms with Crippen LogP contribution in [0.25, 0.3) is 44.1 Å². The minimum Gasteiger partial charge on any atom is -0.340 e. The highest BCUT2D eigenvalue weighted by atomic mass is 15.3. The second kappa shape index (κ2) is 14.2. The van der Waals surface area contributed by atoms with Crippen LogP contribution < -0.4 is 15.1 Å². The molecule has 0 saturated carbocycles. The average Bonchev–Trinajstić information content (AvgIpc) is 4.01. The fourth-order valence-electron chi connectivity index (χ4n) is 9.16. The van der Waals surface area contributed by atoms with Gasteiger partial charge in [-0.3, -0.25) is 4.90 Å². The van der Waals surface area contributed by atoms with E-state index in [1.54, 1.807) is 0 Å². The molecule has 4 aromatic carbocycles. The van der Waals surface area contributed by atoms with Crippen molar-refractivity contribution in [2.45, 2.75) is 51.2 Å². The molecule has 3 aliphatic rings. The molecule has 264 valence electrons. The van der Waals surface area contributed by atoms with E-state index in [0.717, 1.165) is 86.5 Å². The summed E-state index contributed by atoms with van der Waals surface area (Å²) in [5.41, 5.74) is 4.24. The van der Waals surface area contributed by atoms with E-state index < -0.39 is 0 Å². The van der Waals surface area contributed by atoms with Crippen LogP contribution in [0.3, 0.4) is 0 Å². The molecular weight excluding hydrogens is 641 g/mol. The van der Waals surface area contributed by atoms with Crippen molar-refractivity contribution in [3.05, 3.63) is 109 Å². The third-order valence-electron chi connectivity index (χ3n) is 12.2. The zero-order valence-electron chi connectivity index (χ0n) is 30.3. The number of nitrogens with zero attached hydrogens (tertiary/aromatic N) is 7. The Morgan fingerprint density at radius 1 is 0.615 bits per heavy atom. The first-order valence-corrected chi connectivity index (χ1v) is 19.2. The Balaban J connectivity index is 0.892. The Morgan fingerprint density at radius 3 is 1.60 bits per heavy atom. The van der Waals surface area contributed by atoms with E-state index in [1.807, 2.05) is 24.5 Å². The molecule has 1 N–H and O–H groups in total. The van der Waals surface area contributed by atoms with Gasteiger partial charge >= 0.3 is 0 Å². The Kier molecular flexibility index (Phi) is 9.03. The Bertz CT molecular complexity index is 2030. The molecule has 4 unspecified atom stereocenters. The summed E-state index contributed by atoms with van der Waals surface area (Å²) in [4.78, 5) is 27.5. The molecule has 3 fully saturated rings. The van der Waals surface area contributed by atoms with Crippen LogP contribution in [-0.2, 0) is 0 Å². The smallest absolute Gasteiger partial charge is 0.225 e. The minimum atomic E-state index is 0.454. The number of rotatable bonds is 9. The highest BCUT2D eigenvalue weighted by molar-refractivity contribution is 5.87. The maximum atomic E-state index is 5.10. The lowest BCUT2D eigenvalue weighted by molar-refractivity contribution is 0.0489. The van der Waals surface area contributed by atoms with Crippen LogP contribution in [-0.4, -0.2) is 82.2 Å². The van der Waals surface area contributed by atoms with E-state index in [-0.39, 0.29) is 0 Å². The van der Waals surface area contributed by atoms with Crippen LogP contribution in [0.1, 0.15) is 33.1 Å². The van der Waals surface area contributed by atoms with Crippen molar-refractivity contribution in [3.8, 4) is 22.5 Å². The second-order valence-corrected chi connectivity index (χ2v) is 15.2. The molecule has 5 heterocycles. The third kappa shape index (κ3) is 6.50. The van der Waals surface area contributed by atoms with Crippen LogP contribution >= 0.6 is 0 Å². The standard InChI is InChI=1S/C44H48N8/c1-30(38-18-23-50(28-38)43-46-21-16-41(48-43)36-13-11-32-7-3-5-9-34(32)25-36)52(40-15-20-45-27-40)31(2)39-19-24-51(29-39)44-47-22-17-42(49-44)37-14-12-33-8-4-6-10-35(33)26-37/h3-14,16-17,21-22,25-26,30-31,38-40,45H,15,18-20,23-24,27-29H2,1-2H3/t30?,31?,38?,39?,40-/m0/s1. The summed E-state index contributed by atoms with van der Waals surface area (Å²) in [7, 11) is 0. The number of fused-ring (bicyclic) bond motifs is 2. The molecule has 0 bridgehead atoms. The van der Waals surface area contributed by atoms with Gasteiger partial charge in [0.05, 0.1) is 11.4 Å². The monoisotopic (exact) mass is 688 g/mol. The van der Waals surface area contributed by atoms with Crippen molar-refractivity contribution in [2.75, 3.05) is 49.1 Å². The van der Waals surface area contributed by atoms with Crippen LogP contribution in [0.15, 0.2) is 109 Å². The lowest BCUT2D eigenvalue weighted by Gasteiger charge is -2.44. The van der Waals surface area contributed by atoms with Crippen molar-refractivity contribution in [1.29, 1.82) is 0 Å². The van der Waals surface area contributed by atoms with Gasteiger partial charge in [-0.05, 0) is 97.3 Å². The van der Waals surface area contributed by atoms with Gasteiger partial charge in [0, 0.05) is 74.4 Å². The van der Waals surface area contributed by atoms with E-state index in [0.29, 0.717) is 30.0 Å². The lowest BCUT2D eigenvalue weighted by atomic mass is 9.90. The van der Waals surface area contributed by atoms with Gasteiger partial charge in [-0.1, -0.05) is 72.8 Å². The number of hydrogen-bond donors (Lipinski definition) is 1. The molecule has 0 radical (unpaired) electrons. The van der Waals surface area contributed by atoms with E-state index >= 15 is 0 Å². The van der Waals surface area contributed by atoms with Gasteiger partial charge in [0.1, 0.15) is 0 Å². The van der Waals surface area contributed by atoms with Crippen molar-refractivity contribution in [1.82, 2.24) is 30.2 Å². The van der Waals surface area contributed by atoms with Gasteiger partial charge in [-0.2, -0.15) is 0 Å². The molecule has 8 heteroatoms. The zero-order chi connectivity index (χ0) is 35.0. The Hall–Kier alpha value is -4.92. The fourth-order valence-corrected chi connectivity index (χ4v) is 9.16. The fraction of sp³-hybridized carbons (Fsp3) is 0.364. The van der Waals surface area contributed by atoms with E-state index in [9.17, 15) is 0 Å². The van der Waals surface area contributed by atoms with Crippen molar-refractivity contribution in [2.24, 2.45) is 11.8 Å². The molecule has 9 rings (SSSR count). The molecule has 0 spiro atoms. The molecule has 0 amide bonds. The maximum Gasteiger partial charge on any atom is 0.225 e. The predicted molar refractivity (Wildman–Crippen MR) is 213 cm³/mol. The number of nitrogens with one attached hydrogen (secondary N) is 1. The van der Waals surface area contributed by atoms with Crippen LogP contribution in [0.5, 0.6) is 0 Å². The summed E-state index contributed by atoms with van der Waals surface area (Å²) < 4.78 is 0. The predicted octanol–water partition coefficient (Wildman–Crippen LogP) is 7.70. The number of benzene rings is 4. The topological polar surface area (TPSA) is 73.3 Å². The molecule has 5 atom stereocenters. The molecular formula is C44H48N8. The first kappa shape index (κ1) is 33.0. The molecule has 0 aliphatic carbocycles. The molecule has 2 aromatic heterocycles. The van der Waals surface area contributed by atoms with Crippen LogP contribution in [0, 0.1) is 11.8 Å². The van der Waals surface area contributed by atoms with Gasteiger partial charge in [0.25, 0.3) is 0 Å². The van der Waals surface area contributed by atoms with E-state index in [2.05, 4.69) is 119 Å². The summed E-state index contributed by atoms with van der Waals surface area (Å²) in [5, 5.41) is 8.64. The molecule has 6 aromatic rings. The molecule has 3 aliphatic heterocycles. The van der Waals surface area contributed by atoms with Crippen LogP contribution in [0.4, 0.5) is 11.9 Å². The van der Waals surface area contributed by atoms with Crippen molar-refractivity contribution >= 4 is 33.4 Å². The summed E-state index contributed by atoms with van der Waals surface area (Å²) in [5.74, 6) is 2.80. The average molecular weight is 689 g/mol. The molecule has 8 nitrogen and oxygen atoms in total. The minimum absolute atomic E-state index is 0.454. The van der Waals surface area contributed by atoms with Gasteiger partial charge in [0.2, 0.25) is 11.9 Å². The summed E-state index contributed by atoms with van der Waals surface area (Å²) >= 11 is 0. The third-order valence-corrected chi connectivity index (χ3v) is 12.2. The first-order valence-electron chi connectivity index (χ1n) is 19.2. The second-order valence-electron chi connectivity index (χ2n) is 15.2. The van der Waals surface area contributed by atoms with Gasteiger partial charge in [0.15, 0.2) is 0 Å². The summed E-state index contributed by atoms with van der Waals surface area (Å²) in [6.45, 7) is 11.1. The molecule has 3 saturated heterocycles. The van der Waals surface area contributed by atoms with Gasteiger partial charge in [-0.25, -0.2) is 19.9 Å². The number of anilines is 2. The van der Waals surface area contributed by atoms with Crippen LogP contribution in [0.2, 0.25) is 0 Å². The Morgan fingerprint density at radius 2 is 1.12 bits per heavy atom. The number of aromatic nitrogens is 4. The summed E-state index contributed by atoms with van der Waals surface area (Å²) in [6.07, 6.45) is 7.36. The highest BCUT2D eigenvalue weighted by Crippen LogP contribution is 2.35. The summed E-state index contributed by atoms with van der Waals surface area (Å²) in [6, 6.07) is 35.8. The lowest BCUT2D eigenvalue weighted by Crippen LogP contribution is -2.54. The normalized spacial score (nSPS) is 21.8. The van der Waals surface area contributed by atoms with E-state index in [1.165, 1.54) is 28.0 Å². The largest absolute Gasteiger partial charge is 0.340 e. The SMILES string of the molecule is CC(C1CCN(c2nccc(-c3ccc4ccccc4c3)n2)C1)N(C(C)C1CCN(c2nccc(-c3ccc4ccccc4c3)n2)C1)[C@H]1CCNC1. The first-order chi connectivity index (χ1) is 25.6. The van der Waals surface area contributed by atoms with Crippen molar-refractivity contribution in [3.63, 3.8) is 0 Å². The van der Waals surface area contributed by atoms with E-state index in [4.69, 9.17) is 19.9 Å². The zero-order valence-corrected chi connectivity index (χ0v) is 30.3.